The summed E-state index contributed by atoms with van der Waals surface area (Å²) < 4.78 is 11.8. The molecule has 2 heterocycles. The lowest BCUT2D eigenvalue weighted by molar-refractivity contribution is -0.116. The van der Waals surface area contributed by atoms with Gasteiger partial charge in [-0.15, -0.1) is 10.2 Å². The van der Waals surface area contributed by atoms with E-state index in [2.05, 4.69) is 15.5 Å². The van der Waals surface area contributed by atoms with Crippen molar-refractivity contribution in [1.29, 1.82) is 0 Å². The van der Waals surface area contributed by atoms with Crippen LogP contribution in [0, 0.1) is 0 Å². The lowest BCUT2D eigenvalue weighted by Crippen LogP contribution is -2.25. The van der Waals surface area contributed by atoms with Crippen molar-refractivity contribution in [3.8, 4) is 11.5 Å². The predicted octanol–water partition coefficient (Wildman–Crippen LogP) is 4.15. The minimum absolute atomic E-state index is 0.150. The van der Waals surface area contributed by atoms with Crippen molar-refractivity contribution < 1.29 is 14.3 Å². The van der Waals surface area contributed by atoms with E-state index in [1.807, 2.05) is 48.5 Å². The van der Waals surface area contributed by atoms with Crippen LogP contribution in [0.4, 0.5) is 5.13 Å². The van der Waals surface area contributed by atoms with Gasteiger partial charge in [-0.2, -0.15) is 0 Å². The Kier molecular flexibility index (Phi) is 5.38. The Morgan fingerprint density at radius 1 is 1.15 bits per heavy atom. The predicted molar refractivity (Wildman–Crippen MR) is 106 cm³/mol. The van der Waals surface area contributed by atoms with Gasteiger partial charge >= 0.3 is 0 Å². The van der Waals surface area contributed by atoms with Gasteiger partial charge in [0, 0.05) is 24.0 Å². The molecule has 0 bridgehead atoms. The molecule has 27 heavy (non-hydrogen) atoms. The van der Waals surface area contributed by atoms with Crippen molar-refractivity contribution in [2.75, 3.05) is 24.8 Å². The van der Waals surface area contributed by atoms with Crippen LogP contribution in [-0.4, -0.2) is 35.6 Å². The first kappa shape index (κ1) is 18.0. The van der Waals surface area contributed by atoms with Gasteiger partial charge in [0.15, 0.2) is 4.34 Å². The summed E-state index contributed by atoms with van der Waals surface area (Å²) in [4.78, 5) is 13.1. The molecule has 4 rings (SSSR count). The van der Waals surface area contributed by atoms with Crippen molar-refractivity contribution in [3.05, 3.63) is 59.7 Å². The molecule has 8 heteroatoms. The molecule has 0 radical (unpaired) electrons. The molecular weight excluding hydrogens is 382 g/mol. The number of hydrogen-bond donors (Lipinski definition) is 1. The van der Waals surface area contributed by atoms with Crippen LogP contribution in [-0.2, 0) is 9.53 Å². The van der Waals surface area contributed by atoms with Crippen LogP contribution >= 0.6 is 23.1 Å². The number of amides is 1. The maximum Gasteiger partial charge on any atom is 0.238 e. The van der Waals surface area contributed by atoms with Gasteiger partial charge in [-0.3, -0.25) is 10.1 Å². The number of fused-ring (bicyclic) bond motifs is 2. The van der Waals surface area contributed by atoms with Crippen molar-refractivity contribution in [2.45, 2.75) is 10.3 Å². The number of benzene rings is 2. The average Bonchev–Trinajstić information content (AvgIpc) is 3.13. The fourth-order valence-electron chi connectivity index (χ4n) is 2.90. The fraction of sp³-hybridized carbons (Fsp3) is 0.211. The van der Waals surface area contributed by atoms with Crippen LogP contribution in [0.1, 0.15) is 17.0 Å². The Bertz CT molecular complexity index is 915. The lowest BCUT2D eigenvalue weighted by Gasteiger charge is -2.27. The molecule has 3 aromatic rings. The van der Waals surface area contributed by atoms with E-state index in [9.17, 15) is 4.79 Å². The molecule has 1 N–H and O–H groups in total. The molecule has 0 unspecified atom stereocenters. The molecule has 1 amide bonds. The summed E-state index contributed by atoms with van der Waals surface area (Å²) in [5, 5.41) is 11.6. The van der Waals surface area contributed by atoms with E-state index < -0.39 is 5.92 Å². The Morgan fingerprint density at radius 2 is 1.81 bits per heavy atom. The molecule has 1 aromatic heterocycles. The zero-order valence-electron chi connectivity index (χ0n) is 14.5. The molecule has 0 saturated heterocycles. The fourth-order valence-corrected chi connectivity index (χ4v) is 4.63. The number of hydrogen-bond acceptors (Lipinski definition) is 7. The first-order valence-corrected chi connectivity index (χ1v) is 10.2. The molecule has 2 aromatic carbocycles. The highest BCUT2D eigenvalue weighted by Gasteiger charge is 2.32. The summed E-state index contributed by atoms with van der Waals surface area (Å²) in [6, 6.07) is 15.2. The molecule has 1 aliphatic heterocycles. The van der Waals surface area contributed by atoms with Crippen molar-refractivity contribution in [3.63, 3.8) is 0 Å². The first-order chi connectivity index (χ1) is 13.3. The summed E-state index contributed by atoms with van der Waals surface area (Å²) in [7, 11) is 1.66. The molecule has 0 spiro atoms. The number of aromatic nitrogens is 2. The normalized spacial score (nSPS) is 12.8. The van der Waals surface area contributed by atoms with Gasteiger partial charge in [-0.05, 0) is 12.1 Å². The van der Waals surface area contributed by atoms with Crippen LogP contribution in [0.3, 0.4) is 0 Å². The van der Waals surface area contributed by atoms with Gasteiger partial charge < -0.3 is 9.47 Å². The number of methoxy groups -OCH3 is 1. The van der Waals surface area contributed by atoms with E-state index in [1.54, 1.807) is 18.9 Å². The van der Waals surface area contributed by atoms with Crippen molar-refractivity contribution in [1.82, 2.24) is 10.2 Å². The number of carbonyl (C=O) groups excluding carboxylic acids is 1. The van der Waals surface area contributed by atoms with Crippen LogP contribution in [0.5, 0.6) is 11.5 Å². The first-order valence-electron chi connectivity index (χ1n) is 8.38. The minimum atomic E-state index is -0.459. The minimum Gasteiger partial charge on any atom is -0.457 e. The lowest BCUT2D eigenvalue weighted by atomic mass is 9.87. The third-order valence-electron chi connectivity index (χ3n) is 4.09. The second-order valence-corrected chi connectivity index (χ2v) is 8.13. The van der Waals surface area contributed by atoms with Crippen LogP contribution in [0.15, 0.2) is 52.9 Å². The van der Waals surface area contributed by atoms with Crippen LogP contribution in [0.2, 0.25) is 0 Å². The zero-order valence-corrected chi connectivity index (χ0v) is 16.2. The van der Waals surface area contributed by atoms with E-state index in [0.29, 0.717) is 23.2 Å². The Labute approximate surface area is 164 Å². The number of rotatable bonds is 6. The van der Waals surface area contributed by atoms with Crippen molar-refractivity contribution >= 4 is 34.1 Å². The van der Waals surface area contributed by atoms with Crippen LogP contribution < -0.4 is 10.1 Å². The summed E-state index contributed by atoms with van der Waals surface area (Å²) in [5.41, 5.74) is 1.68. The number of para-hydroxylation sites is 2. The molecule has 1 aliphatic rings. The van der Waals surface area contributed by atoms with Crippen molar-refractivity contribution in [2.24, 2.45) is 0 Å². The quantitative estimate of drug-likeness (QED) is 0.381. The monoisotopic (exact) mass is 399 g/mol. The van der Waals surface area contributed by atoms with Gasteiger partial charge in [-0.25, -0.2) is 0 Å². The highest BCUT2D eigenvalue weighted by atomic mass is 32.2. The smallest absolute Gasteiger partial charge is 0.238 e. The molecule has 0 atom stereocenters. The van der Waals surface area contributed by atoms with Crippen LogP contribution in [0.25, 0.3) is 0 Å². The largest absolute Gasteiger partial charge is 0.457 e. The molecule has 6 nitrogen and oxygen atoms in total. The van der Waals surface area contributed by atoms with Gasteiger partial charge in [0.2, 0.25) is 11.0 Å². The van der Waals surface area contributed by atoms with Gasteiger partial charge in [0.05, 0.1) is 12.5 Å². The number of ether oxygens (including phenoxy) is 2. The summed E-state index contributed by atoms with van der Waals surface area (Å²) in [5.74, 6) is 1.58. The summed E-state index contributed by atoms with van der Waals surface area (Å²) >= 11 is 2.91. The maximum atomic E-state index is 13.1. The van der Waals surface area contributed by atoms with E-state index in [0.717, 1.165) is 21.2 Å². The summed E-state index contributed by atoms with van der Waals surface area (Å²) in [6.45, 7) is 0.640. The highest BCUT2D eigenvalue weighted by Crippen LogP contribution is 2.44. The Balaban J connectivity index is 1.57. The van der Waals surface area contributed by atoms with Gasteiger partial charge in [0.25, 0.3) is 0 Å². The number of carbonyl (C=O) groups is 1. The number of nitrogens with zero attached hydrogens (tertiary/aromatic N) is 2. The Morgan fingerprint density at radius 3 is 2.48 bits per heavy atom. The third-order valence-corrected chi connectivity index (χ3v) is 6.03. The van der Waals surface area contributed by atoms with E-state index in [1.165, 1.54) is 11.3 Å². The number of anilines is 1. The maximum absolute atomic E-state index is 13.1. The molecule has 0 fully saturated rings. The second-order valence-electron chi connectivity index (χ2n) is 5.81. The molecule has 138 valence electrons. The second kappa shape index (κ2) is 8.08. The summed E-state index contributed by atoms with van der Waals surface area (Å²) in [6.07, 6.45) is 0. The van der Waals surface area contributed by atoms with E-state index in [4.69, 9.17) is 9.47 Å². The standard InChI is InChI=1S/C19H17N3O3S2/c1-24-10-11-26-19-22-21-18(27-19)20-17(23)16-12-6-2-4-8-14(12)25-15-9-5-3-7-13(15)16/h2-9,16H,10-11H2,1H3,(H,20,21,23). The zero-order chi connectivity index (χ0) is 18.6. The average molecular weight is 399 g/mol. The molecular formula is C19H17N3O3S2. The number of nitrogens with one attached hydrogen (secondary N) is 1. The topological polar surface area (TPSA) is 73.3 Å². The molecule has 0 aliphatic carbocycles. The number of thioether (sulfide) groups is 1. The van der Waals surface area contributed by atoms with E-state index in [-0.39, 0.29) is 5.91 Å². The third kappa shape index (κ3) is 3.83. The van der Waals surface area contributed by atoms with E-state index >= 15 is 0 Å². The Hall–Kier alpha value is -2.42. The van der Waals surface area contributed by atoms with Gasteiger partial charge in [-0.1, -0.05) is 59.5 Å². The highest BCUT2D eigenvalue weighted by molar-refractivity contribution is 8.01. The molecule has 0 saturated carbocycles. The SMILES string of the molecule is COCCSc1nnc(NC(=O)C2c3ccccc3Oc3ccccc32)s1. The van der Waals surface area contributed by atoms with Gasteiger partial charge in [0.1, 0.15) is 11.5 Å².